The van der Waals surface area contributed by atoms with Crippen molar-refractivity contribution in [2.24, 2.45) is 0 Å². The van der Waals surface area contributed by atoms with Crippen molar-refractivity contribution in [2.45, 2.75) is 38.0 Å². The Labute approximate surface area is 115 Å². The minimum absolute atomic E-state index is 0.152. The topological polar surface area (TPSA) is 52.0 Å². The number of nitrogens with two attached hydrogens (primary N) is 1. The Bertz CT molecular complexity index is 645. The van der Waals surface area contributed by atoms with E-state index in [4.69, 9.17) is 10.3 Å². The molecule has 0 spiro atoms. The summed E-state index contributed by atoms with van der Waals surface area (Å²) in [6.07, 6.45) is 4.11. The molecule has 5 heteroatoms. The molecule has 20 heavy (non-hydrogen) atoms. The lowest BCUT2D eigenvalue weighted by atomic mass is 9.82. The van der Waals surface area contributed by atoms with Crippen molar-refractivity contribution in [2.75, 3.05) is 5.73 Å². The molecule has 0 bridgehead atoms. The van der Waals surface area contributed by atoms with Crippen LogP contribution < -0.4 is 5.73 Å². The van der Waals surface area contributed by atoms with Crippen LogP contribution in [0, 0.1) is 11.6 Å². The zero-order valence-electron chi connectivity index (χ0n) is 11.2. The highest BCUT2D eigenvalue weighted by Crippen LogP contribution is 2.46. The number of rotatable bonds is 2. The molecular weight excluding hydrogens is 262 g/mol. The first-order valence-electron chi connectivity index (χ1n) is 6.72. The van der Waals surface area contributed by atoms with Crippen molar-refractivity contribution < 1.29 is 13.3 Å². The maximum Gasteiger partial charge on any atom is 0.175 e. The van der Waals surface area contributed by atoms with E-state index in [-0.39, 0.29) is 16.8 Å². The second-order valence-corrected chi connectivity index (χ2v) is 5.66. The standard InChI is InChI=1S/C15H16F2N2O/c1-15(6-2-3-7-15)13-12(14(18)19-20-13)10-5-4-9(16)8-11(10)17/h4-5,8H,2-3,6-7H2,1H3,(H2,18,19). The highest BCUT2D eigenvalue weighted by atomic mass is 19.1. The zero-order chi connectivity index (χ0) is 14.3. The highest BCUT2D eigenvalue weighted by Gasteiger charge is 2.38. The maximum atomic E-state index is 14.0. The molecule has 1 aliphatic carbocycles. The van der Waals surface area contributed by atoms with Crippen molar-refractivity contribution in [3.8, 4) is 11.1 Å². The van der Waals surface area contributed by atoms with Gasteiger partial charge < -0.3 is 10.3 Å². The van der Waals surface area contributed by atoms with Crippen molar-refractivity contribution in [3.63, 3.8) is 0 Å². The van der Waals surface area contributed by atoms with E-state index in [0.29, 0.717) is 11.3 Å². The van der Waals surface area contributed by atoms with Crippen LogP contribution in [-0.2, 0) is 5.41 Å². The summed E-state index contributed by atoms with van der Waals surface area (Å²) in [5.74, 6) is -0.505. The van der Waals surface area contributed by atoms with Crippen LogP contribution >= 0.6 is 0 Å². The largest absolute Gasteiger partial charge is 0.380 e. The first-order chi connectivity index (χ1) is 9.51. The van der Waals surface area contributed by atoms with E-state index >= 15 is 0 Å². The SMILES string of the molecule is CC1(c2onc(N)c2-c2ccc(F)cc2F)CCCC1. The molecule has 2 N–H and O–H groups in total. The third kappa shape index (κ3) is 1.97. The van der Waals surface area contributed by atoms with Gasteiger partial charge in [-0.05, 0) is 25.0 Å². The first kappa shape index (κ1) is 13.1. The Kier molecular flexibility index (Phi) is 3.00. The van der Waals surface area contributed by atoms with E-state index in [1.807, 2.05) is 0 Å². The van der Waals surface area contributed by atoms with Crippen LogP contribution in [-0.4, -0.2) is 5.16 Å². The fraction of sp³-hybridized carbons (Fsp3) is 0.400. The van der Waals surface area contributed by atoms with Crippen molar-refractivity contribution in [1.82, 2.24) is 5.16 Å². The van der Waals surface area contributed by atoms with E-state index in [9.17, 15) is 8.78 Å². The fourth-order valence-electron chi connectivity index (χ4n) is 3.05. The van der Waals surface area contributed by atoms with Gasteiger partial charge in [0.1, 0.15) is 11.6 Å². The van der Waals surface area contributed by atoms with Gasteiger partial charge in [0.25, 0.3) is 0 Å². The van der Waals surface area contributed by atoms with Crippen LogP contribution in [0.15, 0.2) is 22.7 Å². The van der Waals surface area contributed by atoms with Crippen LogP contribution in [0.2, 0.25) is 0 Å². The minimum atomic E-state index is -0.650. The Morgan fingerprint density at radius 1 is 1.25 bits per heavy atom. The third-order valence-electron chi connectivity index (χ3n) is 4.17. The molecule has 1 saturated carbocycles. The summed E-state index contributed by atoms with van der Waals surface area (Å²) >= 11 is 0. The second-order valence-electron chi connectivity index (χ2n) is 5.66. The molecule has 1 fully saturated rings. The molecule has 1 aromatic heterocycles. The monoisotopic (exact) mass is 278 g/mol. The van der Waals surface area contributed by atoms with E-state index < -0.39 is 11.6 Å². The van der Waals surface area contributed by atoms with Crippen molar-refractivity contribution in [3.05, 3.63) is 35.6 Å². The van der Waals surface area contributed by atoms with Crippen molar-refractivity contribution >= 4 is 5.82 Å². The van der Waals surface area contributed by atoms with Gasteiger partial charge in [0.05, 0.1) is 5.56 Å². The van der Waals surface area contributed by atoms with Gasteiger partial charge in [-0.2, -0.15) is 0 Å². The number of halogens is 2. The summed E-state index contributed by atoms with van der Waals surface area (Å²) in [4.78, 5) is 0. The molecule has 0 unspecified atom stereocenters. The number of aromatic nitrogens is 1. The van der Waals surface area contributed by atoms with Crippen LogP contribution in [0.1, 0.15) is 38.4 Å². The molecule has 2 aromatic rings. The molecule has 1 heterocycles. The van der Waals surface area contributed by atoms with Gasteiger partial charge in [0.15, 0.2) is 11.6 Å². The predicted octanol–water partition coefficient (Wildman–Crippen LogP) is 4.03. The van der Waals surface area contributed by atoms with Gasteiger partial charge in [-0.15, -0.1) is 0 Å². The molecule has 0 radical (unpaired) electrons. The highest BCUT2D eigenvalue weighted by molar-refractivity contribution is 5.77. The Hall–Kier alpha value is -1.91. The van der Waals surface area contributed by atoms with E-state index in [2.05, 4.69) is 12.1 Å². The van der Waals surface area contributed by atoms with Gasteiger partial charge >= 0.3 is 0 Å². The van der Waals surface area contributed by atoms with Gasteiger partial charge in [-0.3, -0.25) is 0 Å². The Morgan fingerprint density at radius 2 is 1.95 bits per heavy atom. The molecule has 0 saturated heterocycles. The summed E-state index contributed by atoms with van der Waals surface area (Å²) < 4.78 is 32.5. The summed E-state index contributed by atoms with van der Waals surface area (Å²) in [7, 11) is 0. The second kappa shape index (κ2) is 4.58. The predicted molar refractivity (Wildman–Crippen MR) is 72.1 cm³/mol. The van der Waals surface area contributed by atoms with Gasteiger partial charge in [0.2, 0.25) is 0 Å². The quantitative estimate of drug-likeness (QED) is 0.902. The molecule has 1 aromatic carbocycles. The zero-order valence-corrected chi connectivity index (χ0v) is 11.2. The summed E-state index contributed by atoms with van der Waals surface area (Å²) in [5.41, 5.74) is 6.37. The fourth-order valence-corrected chi connectivity index (χ4v) is 3.05. The lowest BCUT2D eigenvalue weighted by Crippen LogP contribution is -2.17. The van der Waals surface area contributed by atoms with E-state index in [0.717, 1.165) is 31.7 Å². The normalized spacial score (nSPS) is 17.6. The first-order valence-corrected chi connectivity index (χ1v) is 6.72. The Morgan fingerprint density at radius 3 is 2.60 bits per heavy atom. The lowest BCUT2D eigenvalue weighted by Gasteiger charge is -2.21. The Balaban J connectivity index is 2.16. The van der Waals surface area contributed by atoms with Crippen LogP contribution in [0.4, 0.5) is 14.6 Å². The summed E-state index contributed by atoms with van der Waals surface area (Å²) in [6, 6.07) is 3.45. The number of hydrogen-bond donors (Lipinski definition) is 1. The van der Waals surface area contributed by atoms with E-state index in [1.165, 1.54) is 12.1 Å². The molecule has 0 atom stereocenters. The van der Waals surface area contributed by atoms with Gasteiger partial charge in [-0.25, -0.2) is 8.78 Å². The number of hydrogen-bond acceptors (Lipinski definition) is 3. The number of benzene rings is 1. The number of nitrogen functional groups attached to an aromatic ring is 1. The van der Waals surface area contributed by atoms with Gasteiger partial charge in [-0.1, -0.05) is 24.9 Å². The molecular formula is C15H16F2N2O. The molecule has 106 valence electrons. The third-order valence-corrected chi connectivity index (χ3v) is 4.17. The maximum absolute atomic E-state index is 14.0. The summed E-state index contributed by atoms with van der Waals surface area (Å²) in [6.45, 7) is 2.07. The average Bonchev–Trinajstić information content (AvgIpc) is 2.98. The van der Waals surface area contributed by atoms with Crippen molar-refractivity contribution in [1.29, 1.82) is 0 Å². The van der Waals surface area contributed by atoms with Crippen LogP contribution in [0.25, 0.3) is 11.1 Å². The molecule has 1 aliphatic rings. The summed E-state index contributed by atoms with van der Waals surface area (Å²) in [5, 5.41) is 3.79. The average molecular weight is 278 g/mol. The van der Waals surface area contributed by atoms with Crippen LogP contribution in [0.3, 0.4) is 0 Å². The molecule has 3 rings (SSSR count). The molecule has 0 amide bonds. The molecule has 0 aliphatic heterocycles. The van der Waals surface area contributed by atoms with Crippen LogP contribution in [0.5, 0.6) is 0 Å². The van der Waals surface area contributed by atoms with Gasteiger partial charge in [0, 0.05) is 17.0 Å². The smallest absolute Gasteiger partial charge is 0.175 e. The molecule has 3 nitrogen and oxygen atoms in total. The minimum Gasteiger partial charge on any atom is -0.380 e. The lowest BCUT2D eigenvalue weighted by molar-refractivity contribution is 0.307. The number of anilines is 1. The van der Waals surface area contributed by atoms with E-state index in [1.54, 1.807) is 0 Å². The number of nitrogens with zero attached hydrogens (tertiary/aromatic N) is 1.